The predicted octanol–water partition coefficient (Wildman–Crippen LogP) is 5.44. The van der Waals surface area contributed by atoms with Crippen molar-refractivity contribution in [1.82, 2.24) is 19.5 Å². The fourth-order valence-electron chi connectivity index (χ4n) is 3.17. The fourth-order valence-corrected chi connectivity index (χ4v) is 3.17. The molecule has 5 aromatic rings. The van der Waals surface area contributed by atoms with E-state index in [0.717, 1.165) is 18.2 Å². The predicted molar refractivity (Wildman–Crippen MR) is 119 cm³/mol. The third-order valence-corrected chi connectivity index (χ3v) is 4.87. The van der Waals surface area contributed by atoms with Gasteiger partial charge < -0.3 is 9.67 Å². The number of aryl methyl sites for hydroxylation is 1. The summed E-state index contributed by atoms with van der Waals surface area (Å²) in [6.07, 6.45) is 3.03. The Kier molecular flexibility index (Phi) is 8.29. The van der Waals surface area contributed by atoms with Crippen molar-refractivity contribution in [3.63, 3.8) is 0 Å². The van der Waals surface area contributed by atoms with Gasteiger partial charge in [0.1, 0.15) is 5.82 Å². The van der Waals surface area contributed by atoms with E-state index >= 15 is 0 Å². The number of benzene rings is 3. The van der Waals surface area contributed by atoms with E-state index in [-0.39, 0.29) is 37.0 Å². The number of nitrogens with zero attached hydrogens (tertiary/aromatic N) is 4. The number of halogens is 4. The molecule has 185 valence electrons. The zero-order valence-electron chi connectivity index (χ0n) is 18.3. The summed E-state index contributed by atoms with van der Waals surface area (Å²) in [4.78, 5) is 22.5. The first-order chi connectivity index (χ1) is 16.7. The van der Waals surface area contributed by atoms with Gasteiger partial charge in [-0.05, 0) is 17.7 Å². The average Bonchev–Trinajstić information content (AvgIpc) is 3.27. The zero-order chi connectivity index (χ0) is 25.1. The Bertz CT molecular complexity index is 1430. The van der Waals surface area contributed by atoms with Crippen LogP contribution < -0.4 is 0 Å². The van der Waals surface area contributed by atoms with Gasteiger partial charge in [-0.15, -0.1) is 29.8 Å². The van der Waals surface area contributed by atoms with Crippen molar-refractivity contribution >= 4 is 17.0 Å². The molecule has 1 radical (unpaired) electrons. The van der Waals surface area contributed by atoms with Crippen LogP contribution in [0.3, 0.4) is 0 Å². The molecular weight excluding hydrogens is 657 g/mol. The van der Waals surface area contributed by atoms with Gasteiger partial charge >= 0.3 is 5.97 Å². The normalized spacial score (nSPS) is 10.4. The minimum absolute atomic E-state index is 0. The first-order valence-electron chi connectivity index (χ1n) is 10.0. The third-order valence-electron chi connectivity index (χ3n) is 4.87. The monoisotopic (exact) mass is 672 g/mol. The summed E-state index contributed by atoms with van der Waals surface area (Å²) in [5.41, 5.74) is 1.86. The van der Waals surface area contributed by atoms with Crippen molar-refractivity contribution in [2.75, 3.05) is 0 Å². The van der Waals surface area contributed by atoms with Crippen LogP contribution >= 0.6 is 0 Å². The van der Waals surface area contributed by atoms with Crippen LogP contribution in [-0.4, -0.2) is 30.6 Å². The molecular formula is C25H15F4IrN4O2-. The molecule has 1 N–H and O–H groups in total. The van der Waals surface area contributed by atoms with Crippen LogP contribution in [0, 0.1) is 29.3 Å². The minimum Gasteiger partial charge on any atom is -0.475 e. The number of aromatic carboxylic acids is 1. The first-order valence-corrected chi connectivity index (χ1v) is 10.0. The molecule has 0 amide bonds. The van der Waals surface area contributed by atoms with E-state index in [1.165, 1.54) is 47.2 Å². The summed E-state index contributed by atoms with van der Waals surface area (Å²) in [5, 5.41) is 8.37. The van der Waals surface area contributed by atoms with Crippen molar-refractivity contribution in [2.45, 2.75) is 0 Å². The molecule has 0 saturated carbocycles. The Labute approximate surface area is 215 Å². The second kappa shape index (κ2) is 11.2. The van der Waals surface area contributed by atoms with Gasteiger partial charge in [-0.3, -0.25) is 14.4 Å². The van der Waals surface area contributed by atoms with E-state index in [0.29, 0.717) is 22.5 Å². The van der Waals surface area contributed by atoms with E-state index in [9.17, 15) is 22.4 Å². The third kappa shape index (κ3) is 5.81. The Balaban J connectivity index is 0.000000307. The van der Waals surface area contributed by atoms with Gasteiger partial charge in [-0.1, -0.05) is 12.1 Å². The van der Waals surface area contributed by atoms with Crippen LogP contribution in [0.4, 0.5) is 17.6 Å². The first kappa shape index (κ1) is 26.7. The van der Waals surface area contributed by atoms with Crippen LogP contribution in [0.1, 0.15) is 10.6 Å². The molecule has 0 unspecified atom stereocenters. The standard InChI is InChI=1S/C20H9F4N2.C5H6N2O2.Ir/c21-13-5-1-11(2-6-13)19-20(12-3-7-14(22)8-4-12)26-18-10-16(24)15(23)9-17(18)25-19;1-7-3-2-6-4(7)5(8)9;/h1-3,5-10H;2-3H,1H3,(H,8,9);/q-1;;. The van der Waals surface area contributed by atoms with Crippen molar-refractivity contribution in [1.29, 1.82) is 0 Å². The molecule has 0 aliphatic rings. The topological polar surface area (TPSA) is 80.9 Å². The number of carboxylic acid groups (broad SMARTS) is 1. The molecule has 0 saturated heterocycles. The molecule has 2 aromatic heterocycles. The summed E-state index contributed by atoms with van der Waals surface area (Å²) in [6.45, 7) is 0. The quantitative estimate of drug-likeness (QED) is 0.204. The minimum atomic E-state index is -1.05. The van der Waals surface area contributed by atoms with Gasteiger partial charge in [0, 0.05) is 63.2 Å². The maximum absolute atomic E-state index is 13.6. The van der Waals surface area contributed by atoms with E-state index in [1.807, 2.05) is 0 Å². The van der Waals surface area contributed by atoms with E-state index in [1.54, 1.807) is 13.2 Å². The van der Waals surface area contributed by atoms with Crippen molar-refractivity contribution in [3.8, 4) is 22.5 Å². The van der Waals surface area contributed by atoms with Crippen LogP contribution in [0.25, 0.3) is 33.5 Å². The molecule has 0 bridgehead atoms. The van der Waals surface area contributed by atoms with E-state index in [2.05, 4.69) is 21.0 Å². The summed E-state index contributed by atoms with van der Waals surface area (Å²) in [5.74, 6) is -3.92. The van der Waals surface area contributed by atoms with E-state index < -0.39 is 29.2 Å². The van der Waals surface area contributed by atoms with Gasteiger partial charge in [0.15, 0.2) is 11.6 Å². The van der Waals surface area contributed by atoms with Crippen LogP contribution in [-0.2, 0) is 27.2 Å². The molecule has 5 rings (SSSR count). The van der Waals surface area contributed by atoms with E-state index in [4.69, 9.17) is 5.11 Å². The number of fused-ring (bicyclic) bond motifs is 1. The number of rotatable bonds is 3. The maximum atomic E-state index is 13.6. The Hall–Kier alpha value is -3.95. The average molecular weight is 672 g/mol. The number of hydrogen-bond acceptors (Lipinski definition) is 4. The summed E-state index contributed by atoms with van der Waals surface area (Å²) < 4.78 is 55.0. The van der Waals surface area contributed by atoms with Gasteiger partial charge in [0.2, 0.25) is 5.82 Å². The Morgan fingerprint density at radius 3 is 1.94 bits per heavy atom. The van der Waals surface area contributed by atoms with Gasteiger partial charge in [-0.25, -0.2) is 22.9 Å². The largest absolute Gasteiger partial charge is 0.475 e. The summed E-state index contributed by atoms with van der Waals surface area (Å²) in [6, 6.07) is 14.0. The molecule has 2 heterocycles. The van der Waals surface area contributed by atoms with Crippen molar-refractivity contribution in [3.05, 3.63) is 102 Å². The Morgan fingerprint density at radius 1 is 0.889 bits per heavy atom. The maximum Gasteiger partial charge on any atom is 0.372 e. The number of aromatic nitrogens is 4. The SMILES string of the molecule is Cn1ccnc1C(=O)O.Fc1c[c-]c(-c2nc3cc(F)c(F)cc3nc2-c2ccc(F)cc2)cc1.[Ir]. The smallest absolute Gasteiger partial charge is 0.372 e. The number of carbonyl (C=O) groups is 1. The number of hydrogen-bond donors (Lipinski definition) is 1. The molecule has 36 heavy (non-hydrogen) atoms. The molecule has 0 atom stereocenters. The van der Waals surface area contributed by atoms with Crippen LogP contribution in [0.5, 0.6) is 0 Å². The van der Waals surface area contributed by atoms with Gasteiger partial charge in [0.25, 0.3) is 0 Å². The second-order valence-corrected chi connectivity index (χ2v) is 7.27. The zero-order valence-corrected chi connectivity index (χ0v) is 20.7. The number of carboxylic acids is 1. The molecule has 11 heteroatoms. The number of imidazole rings is 1. The fraction of sp³-hybridized carbons (Fsp3) is 0.0400. The van der Waals surface area contributed by atoms with Crippen LogP contribution in [0.2, 0.25) is 0 Å². The molecule has 0 aliphatic carbocycles. The second-order valence-electron chi connectivity index (χ2n) is 7.27. The molecule has 0 spiro atoms. The molecule has 3 aromatic carbocycles. The summed E-state index contributed by atoms with van der Waals surface area (Å²) in [7, 11) is 1.64. The molecule has 6 nitrogen and oxygen atoms in total. The van der Waals surface area contributed by atoms with Crippen molar-refractivity contribution < 1.29 is 47.6 Å². The van der Waals surface area contributed by atoms with Crippen molar-refractivity contribution in [2.24, 2.45) is 7.05 Å². The van der Waals surface area contributed by atoms with Crippen LogP contribution in [0.15, 0.2) is 67.0 Å². The molecule has 0 aliphatic heterocycles. The Morgan fingerprint density at radius 2 is 1.47 bits per heavy atom. The summed E-state index contributed by atoms with van der Waals surface area (Å²) >= 11 is 0. The van der Waals surface area contributed by atoms with Gasteiger partial charge in [-0.2, -0.15) is 0 Å². The van der Waals surface area contributed by atoms with Gasteiger partial charge in [0.05, 0.1) is 16.7 Å². The molecule has 0 fully saturated rings.